The minimum Gasteiger partial charge on any atom is -0.269 e. The molecule has 0 amide bonds. The summed E-state index contributed by atoms with van der Waals surface area (Å²) < 4.78 is 2.00. The van der Waals surface area contributed by atoms with Gasteiger partial charge in [-0.3, -0.25) is 15.1 Å². The fourth-order valence-corrected chi connectivity index (χ4v) is 2.72. The number of nitrogens with one attached hydrogen (secondary N) is 1. The highest BCUT2D eigenvalue weighted by Gasteiger charge is 2.02. The molecular weight excluding hydrogens is 469 g/mol. The molecule has 0 aromatic carbocycles. The Hall–Kier alpha value is -1.87. The predicted molar refractivity (Wildman–Crippen MR) is 102 cm³/mol. The van der Waals surface area contributed by atoms with E-state index in [1.807, 2.05) is 42.5 Å². The lowest BCUT2D eigenvalue weighted by Crippen LogP contribution is -1.83. The van der Waals surface area contributed by atoms with Crippen LogP contribution in [0.2, 0.25) is 0 Å². The average molecular weight is 480 g/mol. The first-order valence-corrected chi connectivity index (χ1v) is 8.59. The second-order valence-electron chi connectivity index (χ2n) is 4.49. The van der Waals surface area contributed by atoms with Gasteiger partial charge in [0, 0.05) is 23.1 Å². The Morgan fingerprint density at radius 1 is 0.913 bits per heavy atom. The van der Waals surface area contributed by atoms with Gasteiger partial charge in [0.15, 0.2) is 5.65 Å². The Bertz CT molecular complexity index is 859. The van der Waals surface area contributed by atoms with Crippen LogP contribution in [-0.2, 0) is 0 Å². The average Bonchev–Trinajstić information content (AvgIpc) is 2.98. The molecule has 0 aliphatic rings. The molecule has 5 nitrogen and oxygen atoms in total. The largest absolute Gasteiger partial charge is 0.269 e. The standard InChI is InChI=1S/C10H8N2.C6H3BrIN3/c1-3-7-11-9(5-1)10-6-2-4-8-12-10;7-3-1-4-5(8)10-11-6(4)9-2-3/h1-8H;1-2H,(H,9,10,11). The van der Waals surface area contributed by atoms with Gasteiger partial charge in [0.2, 0.25) is 0 Å². The van der Waals surface area contributed by atoms with E-state index < -0.39 is 0 Å². The van der Waals surface area contributed by atoms with Crippen molar-refractivity contribution in [2.45, 2.75) is 0 Å². The summed E-state index contributed by atoms with van der Waals surface area (Å²) in [5.74, 6) is 0. The van der Waals surface area contributed by atoms with Crippen molar-refractivity contribution in [1.29, 1.82) is 0 Å². The lowest BCUT2D eigenvalue weighted by Gasteiger charge is -1.96. The number of fused-ring (bicyclic) bond motifs is 1. The van der Waals surface area contributed by atoms with Gasteiger partial charge in [-0.1, -0.05) is 12.1 Å². The van der Waals surface area contributed by atoms with Gasteiger partial charge in [0.05, 0.1) is 16.8 Å². The third-order valence-electron chi connectivity index (χ3n) is 2.92. The van der Waals surface area contributed by atoms with Crippen molar-refractivity contribution >= 4 is 49.6 Å². The number of pyridine rings is 3. The Labute approximate surface area is 154 Å². The molecule has 4 rings (SSSR count). The minimum absolute atomic E-state index is 0.762. The van der Waals surface area contributed by atoms with Crippen LogP contribution in [0.5, 0.6) is 0 Å². The van der Waals surface area contributed by atoms with E-state index in [1.165, 1.54) is 0 Å². The molecule has 0 unspecified atom stereocenters. The van der Waals surface area contributed by atoms with Crippen LogP contribution >= 0.6 is 38.5 Å². The topological polar surface area (TPSA) is 67.3 Å². The number of halogens is 2. The maximum Gasteiger partial charge on any atom is 0.182 e. The zero-order chi connectivity index (χ0) is 16.1. The first-order chi connectivity index (χ1) is 11.2. The summed E-state index contributed by atoms with van der Waals surface area (Å²) in [6.07, 6.45) is 5.27. The molecule has 1 N–H and O–H groups in total. The van der Waals surface area contributed by atoms with Crippen LogP contribution in [0.1, 0.15) is 0 Å². The zero-order valence-electron chi connectivity index (χ0n) is 11.8. The molecule has 0 atom stereocenters. The van der Waals surface area contributed by atoms with Gasteiger partial charge >= 0.3 is 0 Å². The van der Waals surface area contributed by atoms with Crippen molar-refractivity contribution in [2.75, 3.05) is 0 Å². The summed E-state index contributed by atoms with van der Waals surface area (Å²) in [4.78, 5) is 12.5. The van der Waals surface area contributed by atoms with Crippen molar-refractivity contribution in [3.05, 3.63) is 69.2 Å². The van der Waals surface area contributed by atoms with Crippen LogP contribution in [0.4, 0.5) is 0 Å². The summed E-state index contributed by atoms with van der Waals surface area (Å²) in [7, 11) is 0. The Kier molecular flexibility index (Phi) is 5.29. The number of hydrogen-bond acceptors (Lipinski definition) is 4. The Balaban J connectivity index is 0.000000136. The number of H-pyrrole nitrogens is 1. The number of aromatic amines is 1. The molecule has 0 saturated heterocycles. The molecular formula is C16H11BrIN5. The quantitative estimate of drug-likeness (QED) is 0.409. The predicted octanol–water partition coefficient (Wildman–Crippen LogP) is 4.47. The van der Waals surface area contributed by atoms with E-state index in [1.54, 1.807) is 18.6 Å². The first-order valence-electron chi connectivity index (χ1n) is 6.71. The fourth-order valence-electron chi connectivity index (χ4n) is 1.87. The number of nitrogens with zero attached hydrogens (tertiary/aromatic N) is 4. The molecule has 0 radical (unpaired) electrons. The molecule has 4 heterocycles. The highest BCUT2D eigenvalue weighted by atomic mass is 127. The van der Waals surface area contributed by atoms with Gasteiger partial charge in [-0.2, -0.15) is 5.10 Å². The SMILES string of the molecule is Brc1cnc2n[nH]c(I)c2c1.c1ccc(-c2ccccn2)nc1. The van der Waals surface area contributed by atoms with Crippen molar-refractivity contribution in [3.63, 3.8) is 0 Å². The van der Waals surface area contributed by atoms with E-state index in [0.717, 1.165) is 30.6 Å². The van der Waals surface area contributed by atoms with E-state index in [0.29, 0.717) is 0 Å². The van der Waals surface area contributed by atoms with Gasteiger partial charge < -0.3 is 0 Å². The Morgan fingerprint density at radius 2 is 1.57 bits per heavy atom. The minimum atomic E-state index is 0.762. The van der Waals surface area contributed by atoms with E-state index in [-0.39, 0.29) is 0 Å². The Morgan fingerprint density at radius 3 is 2.13 bits per heavy atom. The number of aromatic nitrogens is 5. The lowest BCUT2D eigenvalue weighted by atomic mass is 10.2. The molecule has 114 valence electrons. The van der Waals surface area contributed by atoms with Crippen LogP contribution in [0.15, 0.2) is 65.5 Å². The van der Waals surface area contributed by atoms with Crippen molar-refractivity contribution in [3.8, 4) is 11.4 Å². The molecule has 23 heavy (non-hydrogen) atoms. The smallest absolute Gasteiger partial charge is 0.182 e. The molecule has 0 spiro atoms. The van der Waals surface area contributed by atoms with Crippen LogP contribution in [0.3, 0.4) is 0 Å². The molecule has 0 bridgehead atoms. The zero-order valence-corrected chi connectivity index (χ0v) is 15.6. The summed E-state index contributed by atoms with van der Waals surface area (Å²) in [5, 5.41) is 7.91. The molecule has 4 aromatic rings. The van der Waals surface area contributed by atoms with Crippen LogP contribution in [0, 0.1) is 3.70 Å². The van der Waals surface area contributed by atoms with Gasteiger partial charge in [0.1, 0.15) is 3.70 Å². The second kappa shape index (κ2) is 7.60. The molecule has 0 saturated carbocycles. The summed E-state index contributed by atoms with van der Waals surface area (Å²) in [6, 6.07) is 13.6. The van der Waals surface area contributed by atoms with Crippen molar-refractivity contribution in [2.24, 2.45) is 0 Å². The van der Waals surface area contributed by atoms with Crippen LogP contribution < -0.4 is 0 Å². The van der Waals surface area contributed by atoms with Crippen molar-refractivity contribution < 1.29 is 0 Å². The van der Waals surface area contributed by atoms with Crippen LogP contribution in [-0.4, -0.2) is 25.1 Å². The number of rotatable bonds is 1. The molecule has 4 aromatic heterocycles. The van der Waals surface area contributed by atoms with Gasteiger partial charge in [0.25, 0.3) is 0 Å². The molecule has 0 aliphatic carbocycles. The van der Waals surface area contributed by atoms with Crippen LogP contribution in [0.25, 0.3) is 22.4 Å². The van der Waals surface area contributed by atoms with E-state index >= 15 is 0 Å². The third-order valence-corrected chi connectivity index (χ3v) is 4.18. The van der Waals surface area contributed by atoms with E-state index in [2.05, 4.69) is 63.7 Å². The highest BCUT2D eigenvalue weighted by molar-refractivity contribution is 14.1. The van der Waals surface area contributed by atoms with Gasteiger partial charge in [-0.25, -0.2) is 4.98 Å². The first kappa shape index (κ1) is 16.0. The maximum absolute atomic E-state index is 4.19. The fraction of sp³-hybridized carbons (Fsp3) is 0. The third kappa shape index (κ3) is 4.11. The molecule has 0 fully saturated rings. The highest BCUT2D eigenvalue weighted by Crippen LogP contribution is 2.19. The summed E-state index contributed by atoms with van der Waals surface area (Å²) in [6.45, 7) is 0. The normalized spacial score (nSPS) is 10.2. The van der Waals surface area contributed by atoms with Crippen molar-refractivity contribution in [1.82, 2.24) is 25.1 Å². The summed E-state index contributed by atoms with van der Waals surface area (Å²) >= 11 is 5.53. The lowest BCUT2D eigenvalue weighted by molar-refractivity contribution is 1.08. The number of hydrogen-bond donors (Lipinski definition) is 1. The molecule has 0 aliphatic heterocycles. The molecule has 7 heteroatoms. The van der Waals surface area contributed by atoms with Gasteiger partial charge in [-0.05, 0) is 68.9 Å². The second-order valence-corrected chi connectivity index (χ2v) is 6.49. The van der Waals surface area contributed by atoms with Gasteiger partial charge in [-0.15, -0.1) is 0 Å². The van der Waals surface area contributed by atoms with E-state index in [9.17, 15) is 0 Å². The maximum atomic E-state index is 4.19. The van der Waals surface area contributed by atoms with E-state index in [4.69, 9.17) is 0 Å². The summed E-state index contributed by atoms with van der Waals surface area (Å²) in [5.41, 5.74) is 2.59. The monoisotopic (exact) mass is 479 g/mol.